The first-order valence-corrected chi connectivity index (χ1v) is 7.31. The lowest BCUT2D eigenvalue weighted by Crippen LogP contribution is -2.36. The highest BCUT2D eigenvalue weighted by Crippen LogP contribution is 2.27. The van der Waals surface area contributed by atoms with Gasteiger partial charge in [-0.1, -0.05) is 19.3 Å². The molecule has 0 bridgehead atoms. The summed E-state index contributed by atoms with van der Waals surface area (Å²) in [5.74, 6) is 0.871. The van der Waals surface area contributed by atoms with Gasteiger partial charge in [0.25, 0.3) is 0 Å². The minimum Gasteiger partial charge on any atom is -0.305 e. The van der Waals surface area contributed by atoms with Crippen LogP contribution in [0.5, 0.6) is 0 Å². The fraction of sp³-hybridized carbons (Fsp3) is 0.769. The number of aromatic nitrogens is 1. The van der Waals surface area contributed by atoms with E-state index in [2.05, 4.69) is 29.5 Å². The average Bonchev–Trinajstić information content (AvgIpc) is 2.83. The third kappa shape index (κ3) is 3.05. The van der Waals surface area contributed by atoms with Crippen LogP contribution < -0.4 is 5.32 Å². The molecule has 1 fully saturated rings. The summed E-state index contributed by atoms with van der Waals surface area (Å²) in [6, 6.07) is 1.02. The zero-order chi connectivity index (χ0) is 11.4. The Morgan fingerprint density at radius 2 is 2.06 bits per heavy atom. The van der Waals surface area contributed by atoms with Gasteiger partial charge in [-0.15, -0.1) is 11.3 Å². The van der Waals surface area contributed by atoms with Crippen LogP contribution >= 0.6 is 11.3 Å². The molecule has 0 aromatic carbocycles. The summed E-state index contributed by atoms with van der Waals surface area (Å²) in [4.78, 5) is 4.37. The SMILES string of the molecule is CC(N[C@@H](C)C1CCCCC1)c1nccs1. The van der Waals surface area contributed by atoms with Gasteiger partial charge in [0.1, 0.15) is 5.01 Å². The van der Waals surface area contributed by atoms with Crippen molar-refractivity contribution in [2.45, 2.75) is 58.0 Å². The molecule has 2 rings (SSSR count). The molecular formula is C13H22N2S. The summed E-state index contributed by atoms with van der Waals surface area (Å²) >= 11 is 1.75. The van der Waals surface area contributed by atoms with Gasteiger partial charge in [0.2, 0.25) is 0 Å². The van der Waals surface area contributed by atoms with Crippen LogP contribution in [0.3, 0.4) is 0 Å². The minimum atomic E-state index is 0.400. The summed E-state index contributed by atoms with van der Waals surface area (Å²) in [5.41, 5.74) is 0. The predicted octanol–water partition coefficient (Wildman–Crippen LogP) is 3.76. The number of thiazole rings is 1. The highest BCUT2D eigenvalue weighted by Gasteiger charge is 2.21. The van der Waals surface area contributed by atoms with Crippen LogP contribution in [0.25, 0.3) is 0 Å². The second-order valence-electron chi connectivity index (χ2n) is 4.95. The molecule has 1 saturated carbocycles. The van der Waals surface area contributed by atoms with Crippen molar-refractivity contribution in [1.82, 2.24) is 10.3 Å². The summed E-state index contributed by atoms with van der Waals surface area (Å²) in [6.07, 6.45) is 8.97. The Morgan fingerprint density at radius 3 is 2.69 bits per heavy atom. The van der Waals surface area contributed by atoms with Crippen LogP contribution in [0.1, 0.15) is 57.0 Å². The number of nitrogens with zero attached hydrogens (tertiary/aromatic N) is 1. The van der Waals surface area contributed by atoms with Gasteiger partial charge in [-0.2, -0.15) is 0 Å². The maximum absolute atomic E-state index is 4.37. The fourth-order valence-corrected chi connectivity index (χ4v) is 3.34. The van der Waals surface area contributed by atoms with Crippen molar-refractivity contribution in [3.8, 4) is 0 Å². The Morgan fingerprint density at radius 1 is 1.31 bits per heavy atom. The van der Waals surface area contributed by atoms with Gasteiger partial charge in [-0.3, -0.25) is 0 Å². The molecule has 1 unspecified atom stereocenters. The number of nitrogens with one attached hydrogen (secondary N) is 1. The van der Waals surface area contributed by atoms with Crippen molar-refractivity contribution >= 4 is 11.3 Å². The minimum absolute atomic E-state index is 0.400. The molecule has 2 atom stereocenters. The molecule has 0 spiro atoms. The molecular weight excluding hydrogens is 216 g/mol. The number of rotatable bonds is 4. The van der Waals surface area contributed by atoms with Gasteiger partial charge in [-0.05, 0) is 32.6 Å². The van der Waals surface area contributed by atoms with E-state index in [4.69, 9.17) is 0 Å². The van der Waals surface area contributed by atoms with E-state index in [1.54, 1.807) is 11.3 Å². The molecule has 1 aromatic rings. The third-order valence-electron chi connectivity index (χ3n) is 3.69. The maximum Gasteiger partial charge on any atom is 0.109 e. The van der Waals surface area contributed by atoms with E-state index >= 15 is 0 Å². The van der Waals surface area contributed by atoms with Gasteiger partial charge in [0.15, 0.2) is 0 Å². The van der Waals surface area contributed by atoms with Crippen LogP contribution in [-0.2, 0) is 0 Å². The summed E-state index contributed by atoms with van der Waals surface area (Å²) in [7, 11) is 0. The Hall–Kier alpha value is -0.410. The van der Waals surface area contributed by atoms with Crippen LogP contribution in [0.15, 0.2) is 11.6 Å². The molecule has 0 saturated heterocycles. The zero-order valence-corrected chi connectivity index (χ0v) is 11.1. The zero-order valence-electron chi connectivity index (χ0n) is 10.3. The van der Waals surface area contributed by atoms with Gasteiger partial charge < -0.3 is 5.32 Å². The van der Waals surface area contributed by atoms with Gasteiger partial charge >= 0.3 is 0 Å². The second kappa shape index (κ2) is 5.78. The highest BCUT2D eigenvalue weighted by molar-refractivity contribution is 7.09. The van der Waals surface area contributed by atoms with E-state index in [1.165, 1.54) is 37.1 Å². The molecule has 1 aliphatic carbocycles. The summed E-state index contributed by atoms with van der Waals surface area (Å²) in [5, 5.41) is 6.97. The summed E-state index contributed by atoms with van der Waals surface area (Å²) < 4.78 is 0. The Kier molecular flexibility index (Phi) is 4.36. The molecule has 1 N–H and O–H groups in total. The third-order valence-corrected chi connectivity index (χ3v) is 4.65. The van der Waals surface area contributed by atoms with Crippen LogP contribution in [-0.4, -0.2) is 11.0 Å². The topological polar surface area (TPSA) is 24.9 Å². The monoisotopic (exact) mass is 238 g/mol. The molecule has 0 amide bonds. The molecule has 2 nitrogen and oxygen atoms in total. The lowest BCUT2D eigenvalue weighted by atomic mass is 9.84. The van der Waals surface area contributed by atoms with E-state index in [1.807, 2.05) is 6.20 Å². The molecule has 1 aromatic heterocycles. The van der Waals surface area contributed by atoms with Crippen molar-refractivity contribution in [2.24, 2.45) is 5.92 Å². The molecule has 90 valence electrons. The molecule has 3 heteroatoms. The largest absolute Gasteiger partial charge is 0.305 e. The Bertz CT molecular complexity index is 291. The van der Waals surface area contributed by atoms with Crippen molar-refractivity contribution in [1.29, 1.82) is 0 Å². The highest BCUT2D eigenvalue weighted by atomic mass is 32.1. The van der Waals surface area contributed by atoms with E-state index in [-0.39, 0.29) is 0 Å². The van der Waals surface area contributed by atoms with E-state index in [0.29, 0.717) is 12.1 Å². The summed E-state index contributed by atoms with van der Waals surface area (Å²) in [6.45, 7) is 4.55. The van der Waals surface area contributed by atoms with Crippen molar-refractivity contribution in [3.05, 3.63) is 16.6 Å². The first-order chi connectivity index (χ1) is 7.77. The smallest absolute Gasteiger partial charge is 0.109 e. The molecule has 1 aliphatic rings. The average molecular weight is 238 g/mol. The molecule has 1 heterocycles. The van der Waals surface area contributed by atoms with E-state index < -0.39 is 0 Å². The lowest BCUT2D eigenvalue weighted by molar-refractivity contribution is 0.268. The lowest BCUT2D eigenvalue weighted by Gasteiger charge is -2.30. The fourth-order valence-electron chi connectivity index (χ4n) is 2.68. The van der Waals surface area contributed by atoms with Crippen LogP contribution in [0.4, 0.5) is 0 Å². The normalized spacial score (nSPS) is 21.9. The van der Waals surface area contributed by atoms with Crippen molar-refractivity contribution < 1.29 is 0 Å². The predicted molar refractivity (Wildman–Crippen MR) is 69.7 cm³/mol. The molecule has 0 radical (unpaired) electrons. The molecule has 16 heavy (non-hydrogen) atoms. The van der Waals surface area contributed by atoms with Crippen molar-refractivity contribution in [2.75, 3.05) is 0 Å². The van der Waals surface area contributed by atoms with E-state index in [0.717, 1.165) is 5.92 Å². The van der Waals surface area contributed by atoms with Gasteiger partial charge in [0, 0.05) is 17.6 Å². The first kappa shape index (κ1) is 12.1. The van der Waals surface area contributed by atoms with E-state index in [9.17, 15) is 0 Å². The van der Waals surface area contributed by atoms with Crippen LogP contribution in [0.2, 0.25) is 0 Å². The first-order valence-electron chi connectivity index (χ1n) is 6.43. The van der Waals surface area contributed by atoms with Crippen LogP contribution in [0, 0.1) is 5.92 Å². The van der Waals surface area contributed by atoms with Crippen molar-refractivity contribution in [3.63, 3.8) is 0 Å². The van der Waals surface area contributed by atoms with Gasteiger partial charge in [0.05, 0.1) is 6.04 Å². The Balaban J connectivity index is 1.84. The Labute approximate surface area is 102 Å². The molecule has 0 aliphatic heterocycles. The quantitative estimate of drug-likeness (QED) is 0.864. The number of hydrogen-bond acceptors (Lipinski definition) is 3. The maximum atomic E-state index is 4.37. The van der Waals surface area contributed by atoms with Gasteiger partial charge in [-0.25, -0.2) is 4.98 Å². The standard InChI is InChI=1S/C13H22N2S/c1-10(12-6-4-3-5-7-12)15-11(2)13-14-8-9-16-13/h8-12,15H,3-7H2,1-2H3/t10-,11?/m0/s1. The second-order valence-corrected chi connectivity index (χ2v) is 5.87. The number of hydrogen-bond donors (Lipinski definition) is 1.